The molecule has 3 aromatic carbocycles. The first kappa shape index (κ1) is 18.1. The molecule has 0 fully saturated rings. The van der Waals surface area contributed by atoms with E-state index in [9.17, 15) is 9.90 Å². The van der Waals surface area contributed by atoms with E-state index in [0.29, 0.717) is 16.9 Å². The van der Waals surface area contributed by atoms with Crippen molar-refractivity contribution in [2.75, 3.05) is 7.05 Å². The Kier molecular flexibility index (Phi) is 4.75. The molecule has 3 aromatic rings. The Hall–Kier alpha value is -3.31. The lowest BCUT2D eigenvalue weighted by Crippen LogP contribution is -2.51. The number of aliphatic hydroxyl groups is 1. The number of nitrogens with zero attached hydrogens (tertiary/aromatic N) is 1. The number of ether oxygens (including phenoxy) is 2. The van der Waals surface area contributed by atoms with E-state index < -0.39 is 11.6 Å². The van der Waals surface area contributed by atoms with Crippen molar-refractivity contribution in [3.05, 3.63) is 108 Å². The van der Waals surface area contributed by atoms with Crippen molar-refractivity contribution in [3.8, 4) is 5.75 Å². The maximum Gasteiger partial charge on any atom is 0.411 e. The number of para-hydroxylation sites is 1. The highest BCUT2D eigenvalue weighted by atomic mass is 16.6. The number of likely N-dealkylation sites (N-methyl/N-ethyl adjacent to an activating group) is 1. The largest absolute Gasteiger partial charge is 0.452 e. The van der Waals surface area contributed by atoms with Crippen LogP contribution in [-0.2, 0) is 16.9 Å². The average molecular weight is 374 g/mol. The number of benzene rings is 3. The van der Waals surface area contributed by atoms with Crippen molar-refractivity contribution in [1.82, 2.24) is 4.90 Å². The second-order valence-electron chi connectivity index (χ2n) is 6.58. The van der Waals surface area contributed by atoms with Gasteiger partial charge in [0, 0.05) is 12.6 Å². The van der Waals surface area contributed by atoms with Crippen molar-refractivity contribution in [2.24, 2.45) is 0 Å². The molecule has 5 heteroatoms. The molecule has 28 heavy (non-hydrogen) atoms. The van der Waals surface area contributed by atoms with Gasteiger partial charge in [-0.2, -0.15) is 0 Å². The van der Waals surface area contributed by atoms with Gasteiger partial charge in [-0.05, 0) is 17.2 Å². The van der Waals surface area contributed by atoms with Crippen molar-refractivity contribution >= 4 is 6.09 Å². The van der Waals surface area contributed by atoms with Crippen LogP contribution in [0.25, 0.3) is 0 Å². The lowest BCUT2D eigenvalue weighted by molar-refractivity contribution is 0.000403. The molecular weight excluding hydrogens is 354 g/mol. The van der Waals surface area contributed by atoms with Crippen LogP contribution in [0.2, 0.25) is 0 Å². The van der Waals surface area contributed by atoms with Crippen molar-refractivity contribution in [1.29, 1.82) is 0 Å². The van der Waals surface area contributed by atoms with Crippen LogP contribution >= 0.6 is 0 Å². The van der Waals surface area contributed by atoms with Gasteiger partial charge >= 0.3 is 12.4 Å². The highest BCUT2D eigenvalue weighted by Gasteiger charge is 2.56. The van der Waals surface area contributed by atoms with E-state index in [2.05, 4.69) is 0 Å². The van der Waals surface area contributed by atoms with Crippen LogP contribution in [0.1, 0.15) is 16.7 Å². The summed E-state index contributed by atoms with van der Waals surface area (Å²) in [7, 11) is 1.60. The molecule has 0 unspecified atom stereocenters. The second-order valence-corrected chi connectivity index (χ2v) is 6.58. The van der Waals surface area contributed by atoms with Gasteiger partial charge < -0.3 is 14.6 Å². The highest BCUT2D eigenvalue weighted by molar-refractivity contribution is 5.72. The third kappa shape index (κ3) is 2.90. The quantitative estimate of drug-likeness (QED) is 0.733. The summed E-state index contributed by atoms with van der Waals surface area (Å²) >= 11 is 0. The Labute approximate surface area is 163 Å². The molecule has 1 heterocycles. The third-order valence-electron chi connectivity index (χ3n) is 4.97. The summed E-state index contributed by atoms with van der Waals surface area (Å²) in [5.41, 5.74) is 0.981. The lowest BCUT2D eigenvalue weighted by atomic mass is 9.82. The molecule has 5 nitrogen and oxygen atoms in total. The number of carbonyl (C=O) groups is 1. The van der Waals surface area contributed by atoms with Gasteiger partial charge in [-0.25, -0.2) is 4.79 Å². The van der Waals surface area contributed by atoms with Crippen LogP contribution in [0.3, 0.4) is 0 Å². The molecule has 1 atom stereocenters. The zero-order valence-corrected chi connectivity index (χ0v) is 15.4. The maximum atomic E-state index is 13.0. The summed E-state index contributed by atoms with van der Waals surface area (Å²) in [6, 6.07) is 26.0. The van der Waals surface area contributed by atoms with E-state index in [-0.39, 0.29) is 12.9 Å². The lowest BCUT2D eigenvalue weighted by Gasteiger charge is -2.38. The summed E-state index contributed by atoms with van der Waals surface area (Å²) in [4.78, 5) is 14.3. The van der Waals surface area contributed by atoms with E-state index >= 15 is 0 Å². The van der Waals surface area contributed by atoms with Crippen LogP contribution in [0, 0.1) is 6.29 Å². The average Bonchev–Trinajstić information content (AvgIpc) is 3.05. The van der Waals surface area contributed by atoms with Gasteiger partial charge in [0.15, 0.2) is 5.54 Å². The Bertz CT molecular complexity index is 961. The first-order valence-electron chi connectivity index (χ1n) is 8.98. The van der Waals surface area contributed by atoms with E-state index in [0.717, 1.165) is 5.56 Å². The molecule has 0 saturated carbocycles. The van der Waals surface area contributed by atoms with Crippen molar-refractivity contribution in [2.45, 2.75) is 12.1 Å². The Balaban J connectivity index is 1.72. The molecule has 141 valence electrons. The van der Waals surface area contributed by atoms with Gasteiger partial charge in [-0.15, -0.1) is 0 Å². The zero-order chi connectivity index (χ0) is 19.6. The minimum atomic E-state index is -1.29. The van der Waals surface area contributed by atoms with Crippen LogP contribution in [0.5, 0.6) is 5.75 Å². The smallest absolute Gasteiger partial charge is 0.411 e. The molecule has 0 spiro atoms. The minimum Gasteiger partial charge on any atom is -0.452 e. The third-order valence-corrected chi connectivity index (χ3v) is 4.97. The predicted molar refractivity (Wildman–Crippen MR) is 104 cm³/mol. The molecule has 1 aliphatic heterocycles. The summed E-state index contributed by atoms with van der Waals surface area (Å²) in [5, 5.41) is 10.9. The molecule has 0 saturated heterocycles. The van der Waals surface area contributed by atoms with E-state index in [1.807, 2.05) is 78.9 Å². The molecule has 1 aliphatic rings. The van der Waals surface area contributed by atoms with E-state index in [4.69, 9.17) is 9.47 Å². The number of rotatable bonds is 4. The van der Waals surface area contributed by atoms with E-state index in [1.165, 1.54) is 4.90 Å². The van der Waals surface area contributed by atoms with Gasteiger partial charge in [0.05, 0.1) is 0 Å². The van der Waals surface area contributed by atoms with Gasteiger partial charge in [0.2, 0.25) is 0 Å². The summed E-state index contributed by atoms with van der Waals surface area (Å²) in [5.74, 6) is 0.506. The van der Waals surface area contributed by atoms with E-state index in [1.54, 1.807) is 13.1 Å². The number of amides is 1. The van der Waals surface area contributed by atoms with Crippen LogP contribution in [-0.4, -0.2) is 23.1 Å². The number of fused-ring (bicyclic) bond motifs is 1. The molecule has 1 amide bonds. The fraction of sp³-hybridized carbons (Fsp3) is 0.130. The molecule has 0 aromatic heterocycles. The highest BCUT2D eigenvalue weighted by Crippen LogP contribution is 2.51. The second kappa shape index (κ2) is 7.37. The first-order valence-corrected chi connectivity index (χ1v) is 8.98. The van der Waals surface area contributed by atoms with Gasteiger partial charge in [0.25, 0.3) is 0 Å². The maximum absolute atomic E-state index is 13.0. The zero-order valence-electron chi connectivity index (χ0n) is 15.4. The Morgan fingerprint density at radius 3 is 2.29 bits per heavy atom. The van der Waals surface area contributed by atoms with Crippen LogP contribution in [0.4, 0.5) is 4.79 Å². The molecule has 0 bridgehead atoms. The Morgan fingerprint density at radius 2 is 1.57 bits per heavy atom. The number of carbonyl (C=O) groups excluding carboxylic acids is 1. The summed E-state index contributed by atoms with van der Waals surface area (Å²) in [6.45, 7) is 0.137. The van der Waals surface area contributed by atoms with Gasteiger partial charge in [-0.1, -0.05) is 78.9 Å². The fourth-order valence-electron chi connectivity index (χ4n) is 3.58. The molecular formula is C23H20NO4. The number of hydrogen-bond acceptors (Lipinski definition) is 4. The first-order chi connectivity index (χ1) is 13.6. The Morgan fingerprint density at radius 1 is 0.964 bits per heavy atom. The molecule has 4 rings (SSSR count). The van der Waals surface area contributed by atoms with Crippen molar-refractivity contribution < 1.29 is 19.4 Å². The van der Waals surface area contributed by atoms with Gasteiger partial charge in [0.1, 0.15) is 12.4 Å². The SMILES string of the molecule is CN(C(=O)OCc1ccccc1)[C@@]1(c2ccccc2)[C](O)Oc2ccccc21. The monoisotopic (exact) mass is 374 g/mol. The van der Waals surface area contributed by atoms with Crippen molar-refractivity contribution in [3.63, 3.8) is 0 Å². The molecule has 1 N–H and O–H groups in total. The van der Waals surface area contributed by atoms with Crippen LogP contribution in [0.15, 0.2) is 84.9 Å². The molecule has 0 aliphatic carbocycles. The summed E-state index contributed by atoms with van der Waals surface area (Å²) < 4.78 is 11.2. The van der Waals surface area contributed by atoms with Gasteiger partial charge in [-0.3, -0.25) is 4.90 Å². The number of aliphatic hydroxyl groups excluding tert-OH is 1. The fourth-order valence-corrected chi connectivity index (χ4v) is 3.58. The minimum absolute atomic E-state index is 0.137. The normalized spacial score (nSPS) is 18.2. The summed E-state index contributed by atoms with van der Waals surface area (Å²) in [6.07, 6.45) is -0.848. The standard InChI is InChI=1S/C23H20NO4/c1-24(22(26)27-16-17-10-4-2-5-11-17)23(18-12-6-3-7-13-18)19-14-8-9-15-20(19)28-21(23)25/h2-15,25H,16H2,1H3/t23-/m1/s1. The number of hydrogen-bond donors (Lipinski definition) is 1. The molecule has 1 radical (unpaired) electrons. The van der Waals surface area contributed by atoms with Crippen LogP contribution < -0.4 is 4.74 Å². The predicted octanol–water partition coefficient (Wildman–Crippen LogP) is 4.45. The topological polar surface area (TPSA) is 59.0 Å².